The highest BCUT2D eigenvalue weighted by atomic mass is 19.4. The van der Waals surface area contributed by atoms with Gasteiger partial charge in [0.25, 0.3) is 0 Å². The molecule has 0 unspecified atom stereocenters. The minimum atomic E-state index is -4.58. The first kappa shape index (κ1) is 17.2. The maximum atomic E-state index is 13.2. The average molecular weight is 329 g/mol. The van der Waals surface area contributed by atoms with Crippen LogP contribution in [0.25, 0.3) is 10.9 Å². The van der Waals surface area contributed by atoms with E-state index in [0.29, 0.717) is 23.1 Å². The van der Waals surface area contributed by atoms with Gasteiger partial charge in [-0.05, 0) is 24.6 Å². The van der Waals surface area contributed by atoms with Crippen LogP contribution in [0.2, 0.25) is 0 Å². The molecule has 0 aliphatic carbocycles. The lowest BCUT2D eigenvalue weighted by molar-refractivity contribution is -0.144. The van der Waals surface area contributed by atoms with Crippen LogP contribution < -0.4 is 4.74 Å². The van der Waals surface area contributed by atoms with E-state index in [-0.39, 0.29) is 12.2 Å². The van der Waals surface area contributed by atoms with Crippen LogP contribution in [-0.4, -0.2) is 24.7 Å². The molecule has 126 valence electrons. The van der Waals surface area contributed by atoms with E-state index in [4.69, 9.17) is 9.47 Å². The molecule has 1 N–H and O–H groups in total. The molecule has 1 aromatic heterocycles. The van der Waals surface area contributed by atoms with Gasteiger partial charge in [0.2, 0.25) is 0 Å². The number of rotatable bonds is 6. The van der Waals surface area contributed by atoms with Gasteiger partial charge < -0.3 is 14.5 Å². The third kappa shape index (κ3) is 3.97. The largest absolute Gasteiger partial charge is 0.497 e. The van der Waals surface area contributed by atoms with E-state index in [0.717, 1.165) is 6.42 Å². The van der Waals surface area contributed by atoms with Crippen LogP contribution in [0.5, 0.6) is 5.75 Å². The molecule has 0 fully saturated rings. The fourth-order valence-electron chi connectivity index (χ4n) is 2.31. The Morgan fingerprint density at radius 2 is 2.04 bits per heavy atom. The number of halogens is 3. The Morgan fingerprint density at radius 1 is 1.30 bits per heavy atom. The van der Waals surface area contributed by atoms with Gasteiger partial charge in [-0.3, -0.25) is 4.79 Å². The van der Waals surface area contributed by atoms with Gasteiger partial charge in [0.1, 0.15) is 11.4 Å². The van der Waals surface area contributed by atoms with Crippen molar-refractivity contribution >= 4 is 16.9 Å². The van der Waals surface area contributed by atoms with Crippen LogP contribution in [0.3, 0.4) is 0 Å². The summed E-state index contributed by atoms with van der Waals surface area (Å²) >= 11 is 0. The van der Waals surface area contributed by atoms with Crippen molar-refractivity contribution in [2.45, 2.75) is 32.4 Å². The van der Waals surface area contributed by atoms with Gasteiger partial charge in [-0.25, -0.2) is 0 Å². The van der Waals surface area contributed by atoms with Crippen molar-refractivity contribution in [1.29, 1.82) is 0 Å². The van der Waals surface area contributed by atoms with Crippen LogP contribution in [0, 0.1) is 0 Å². The summed E-state index contributed by atoms with van der Waals surface area (Å²) in [7, 11) is 1.43. The molecule has 0 aliphatic heterocycles. The number of carbonyl (C=O) groups is 1. The molecule has 0 saturated carbocycles. The van der Waals surface area contributed by atoms with E-state index in [2.05, 4.69) is 4.98 Å². The van der Waals surface area contributed by atoms with Crippen molar-refractivity contribution in [2.75, 3.05) is 13.7 Å². The summed E-state index contributed by atoms with van der Waals surface area (Å²) in [4.78, 5) is 14.2. The molecular weight excluding hydrogens is 311 g/mol. The first-order valence-electron chi connectivity index (χ1n) is 7.28. The predicted octanol–water partition coefficient (Wildman–Crippen LogP) is 4.08. The smallest absolute Gasteiger partial charge is 0.431 e. The Bertz CT molecular complexity index is 692. The normalized spacial score (nSPS) is 11.7. The van der Waals surface area contributed by atoms with Crippen molar-refractivity contribution in [3.63, 3.8) is 0 Å². The highest BCUT2D eigenvalue weighted by Gasteiger charge is 2.37. The van der Waals surface area contributed by atoms with Crippen LogP contribution in [0.4, 0.5) is 13.2 Å². The number of fused-ring (bicyclic) bond motifs is 1. The molecule has 23 heavy (non-hydrogen) atoms. The van der Waals surface area contributed by atoms with Gasteiger partial charge in [-0.2, -0.15) is 13.2 Å². The molecule has 2 aromatic rings. The zero-order chi connectivity index (χ0) is 17.0. The van der Waals surface area contributed by atoms with Gasteiger partial charge in [0.15, 0.2) is 0 Å². The first-order chi connectivity index (χ1) is 10.9. The highest BCUT2D eigenvalue weighted by molar-refractivity contribution is 5.90. The molecule has 0 saturated heterocycles. The number of H-pyrrole nitrogens is 1. The summed E-state index contributed by atoms with van der Waals surface area (Å²) in [5.41, 5.74) is -0.740. The lowest BCUT2D eigenvalue weighted by Crippen LogP contribution is -2.14. The van der Waals surface area contributed by atoms with Gasteiger partial charge in [-0.15, -0.1) is 0 Å². The van der Waals surface area contributed by atoms with Gasteiger partial charge in [-0.1, -0.05) is 13.3 Å². The molecule has 0 aliphatic rings. The number of nitrogens with one attached hydrogen (secondary N) is 1. The zero-order valence-electron chi connectivity index (χ0n) is 12.9. The number of ether oxygens (including phenoxy) is 2. The van der Waals surface area contributed by atoms with Gasteiger partial charge in [0.05, 0.1) is 20.1 Å². The second-order valence-corrected chi connectivity index (χ2v) is 5.14. The minimum Gasteiger partial charge on any atom is -0.497 e. The van der Waals surface area contributed by atoms with Gasteiger partial charge >= 0.3 is 12.1 Å². The van der Waals surface area contributed by atoms with E-state index in [1.54, 1.807) is 6.07 Å². The maximum absolute atomic E-state index is 13.2. The highest BCUT2D eigenvalue weighted by Crippen LogP contribution is 2.37. The lowest BCUT2D eigenvalue weighted by atomic mass is 10.1. The second-order valence-electron chi connectivity index (χ2n) is 5.14. The van der Waals surface area contributed by atoms with Crippen LogP contribution in [0.15, 0.2) is 18.2 Å². The molecule has 0 spiro atoms. The van der Waals surface area contributed by atoms with E-state index in [9.17, 15) is 18.0 Å². The fourth-order valence-corrected chi connectivity index (χ4v) is 2.31. The molecule has 0 atom stereocenters. The SMILES string of the molecule is CCCCOC(=O)Cc1c(C(F)(F)F)[nH]c2ccc(OC)cc12. The van der Waals surface area contributed by atoms with Crippen molar-refractivity contribution in [2.24, 2.45) is 0 Å². The van der Waals surface area contributed by atoms with Crippen molar-refractivity contribution in [3.8, 4) is 5.75 Å². The Hall–Kier alpha value is -2.18. The number of unbranched alkanes of at least 4 members (excludes halogenated alkanes) is 1. The van der Waals surface area contributed by atoms with Crippen LogP contribution >= 0.6 is 0 Å². The topological polar surface area (TPSA) is 51.3 Å². The summed E-state index contributed by atoms with van der Waals surface area (Å²) in [6.07, 6.45) is -3.50. The molecule has 0 amide bonds. The molecule has 1 heterocycles. The Morgan fingerprint density at radius 3 is 2.65 bits per heavy atom. The van der Waals surface area contributed by atoms with Crippen LogP contribution in [0.1, 0.15) is 31.0 Å². The molecule has 0 bridgehead atoms. The lowest BCUT2D eigenvalue weighted by Gasteiger charge is -2.09. The fraction of sp³-hybridized carbons (Fsp3) is 0.438. The van der Waals surface area contributed by atoms with E-state index in [1.165, 1.54) is 19.2 Å². The second kappa shape index (κ2) is 6.93. The molecule has 4 nitrogen and oxygen atoms in total. The number of aromatic nitrogens is 1. The summed E-state index contributed by atoms with van der Waals surface area (Å²) in [6, 6.07) is 4.54. The number of hydrogen-bond acceptors (Lipinski definition) is 3. The molecule has 2 rings (SSSR count). The number of aromatic amines is 1. The monoisotopic (exact) mass is 329 g/mol. The van der Waals surface area contributed by atoms with E-state index in [1.807, 2.05) is 6.92 Å². The number of alkyl halides is 3. The third-order valence-corrected chi connectivity index (χ3v) is 3.48. The van der Waals surface area contributed by atoms with E-state index >= 15 is 0 Å². The minimum absolute atomic E-state index is 0.118. The standard InChI is InChI=1S/C16H18F3NO3/c1-3-4-7-23-14(21)9-12-11-8-10(22-2)5-6-13(11)20-15(12)16(17,18)19/h5-6,8,20H,3-4,7,9H2,1-2H3. The number of benzene rings is 1. The Balaban J connectivity index is 2.39. The molecule has 0 radical (unpaired) electrons. The molecule has 1 aromatic carbocycles. The summed E-state index contributed by atoms with van der Waals surface area (Å²) < 4.78 is 49.7. The van der Waals surface area contributed by atoms with Gasteiger partial charge in [0, 0.05) is 16.5 Å². The summed E-state index contributed by atoms with van der Waals surface area (Å²) in [5, 5.41) is 0.309. The predicted molar refractivity (Wildman–Crippen MR) is 79.4 cm³/mol. The van der Waals surface area contributed by atoms with E-state index < -0.39 is 24.3 Å². The van der Waals surface area contributed by atoms with Crippen molar-refractivity contribution in [3.05, 3.63) is 29.5 Å². The Kier molecular flexibility index (Phi) is 5.18. The maximum Gasteiger partial charge on any atom is 0.431 e. The van der Waals surface area contributed by atoms with Crippen LogP contribution in [-0.2, 0) is 22.1 Å². The first-order valence-corrected chi connectivity index (χ1v) is 7.28. The summed E-state index contributed by atoms with van der Waals surface area (Å²) in [6.45, 7) is 2.14. The number of esters is 1. The molecular formula is C16H18F3NO3. The van der Waals surface area contributed by atoms with Crippen molar-refractivity contribution in [1.82, 2.24) is 4.98 Å². The number of carbonyl (C=O) groups excluding carboxylic acids is 1. The molecule has 7 heteroatoms. The quantitative estimate of drug-likeness (QED) is 0.642. The summed E-state index contributed by atoms with van der Waals surface area (Å²) in [5.74, 6) is -0.251. The Labute approximate surface area is 131 Å². The average Bonchev–Trinajstić information content (AvgIpc) is 2.85. The van der Waals surface area contributed by atoms with Crippen molar-refractivity contribution < 1.29 is 27.4 Å². The zero-order valence-corrected chi connectivity index (χ0v) is 12.9. The third-order valence-electron chi connectivity index (χ3n) is 3.48. The number of hydrogen-bond donors (Lipinski definition) is 1. The number of methoxy groups -OCH3 is 1.